The molecule has 3 N–H and O–H groups in total. The monoisotopic (exact) mass is 227 g/mol. The van der Waals surface area contributed by atoms with Crippen molar-refractivity contribution in [1.82, 2.24) is 4.98 Å². The smallest absolute Gasteiger partial charge is 0.248 e. The number of aromatic nitrogens is 1. The average Bonchev–Trinajstić information content (AvgIpc) is 2.38. The third-order valence-electron chi connectivity index (χ3n) is 2.37. The molecule has 0 bridgehead atoms. The molecule has 1 aromatic heterocycles. The second kappa shape index (κ2) is 5.12. The fourth-order valence-electron chi connectivity index (χ4n) is 1.51. The van der Waals surface area contributed by atoms with Crippen LogP contribution in [0.15, 0.2) is 48.8 Å². The number of primary amides is 1. The first-order chi connectivity index (χ1) is 8.25. The molecular formula is C13H13N3O. The van der Waals surface area contributed by atoms with E-state index in [1.165, 1.54) is 0 Å². The third-order valence-corrected chi connectivity index (χ3v) is 2.37. The van der Waals surface area contributed by atoms with Crippen LogP contribution in [0, 0.1) is 0 Å². The summed E-state index contributed by atoms with van der Waals surface area (Å²) >= 11 is 0. The molecule has 0 aliphatic carbocycles. The number of hydrogen-bond donors (Lipinski definition) is 2. The van der Waals surface area contributed by atoms with Gasteiger partial charge >= 0.3 is 0 Å². The van der Waals surface area contributed by atoms with E-state index in [1.54, 1.807) is 24.5 Å². The van der Waals surface area contributed by atoms with Crippen molar-refractivity contribution < 1.29 is 4.79 Å². The van der Waals surface area contributed by atoms with Gasteiger partial charge in [0, 0.05) is 24.5 Å². The van der Waals surface area contributed by atoms with Gasteiger partial charge in [-0.15, -0.1) is 0 Å². The number of nitrogens with zero attached hydrogens (tertiary/aromatic N) is 1. The van der Waals surface area contributed by atoms with Gasteiger partial charge in [-0.3, -0.25) is 9.78 Å². The lowest BCUT2D eigenvalue weighted by molar-refractivity contribution is 0.1000. The summed E-state index contributed by atoms with van der Waals surface area (Å²) in [6.45, 7) is 0.632. The minimum atomic E-state index is -0.409. The van der Waals surface area contributed by atoms with Crippen LogP contribution in [0.4, 0.5) is 5.69 Å². The number of carbonyl (C=O) groups excluding carboxylic acids is 1. The van der Waals surface area contributed by atoms with E-state index in [0.29, 0.717) is 12.1 Å². The van der Waals surface area contributed by atoms with Crippen LogP contribution in [0.5, 0.6) is 0 Å². The maximum absolute atomic E-state index is 11.0. The predicted molar refractivity (Wildman–Crippen MR) is 66.5 cm³/mol. The number of nitrogens with one attached hydrogen (secondary N) is 1. The summed E-state index contributed by atoms with van der Waals surface area (Å²) in [6, 6.07) is 11.0. The fourth-order valence-corrected chi connectivity index (χ4v) is 1.51. The molecule has 1 heterocycles. The highest BCUT2D eigenvalue weighted by molar-refractivity contribution is 5.92. The van der Waals surface area contributed by atoms with Crippen LogP contribution in [-0.4, -0.2) is 10.9 Å². The Hall–Kier alpha value is -2.36. The summed E-state index contributed by atoms with van der Waals surface area (Å²) < 4.78 is 0. The van der Waals surface area contributed by atoms with E-state index in [-0.39, 0.29) is 0 Å². The number of anilines is 1. The third kappa shape index (κ3) is 3.04. The Morgan fingerprint density at radius 2 is 2.18 bits per heavy atom. The van der Waals surface area contributed by atoms with E-state index >= 15 is 0 Å². The van der Waals surface area contributed by atoms with Crippen LogP contribution in [-0.2, 0) is 6.54 Å². The molecular weight excluding hydrogens is 214 g/mol. The molecule has 4 nitrogen and oxygen atoms in total. The molecule has 1 aromatic carbocycles. The van der Waals surface area contributed by atoms with Crippen LogP contribution >= 0.6 is 0 Å². The second-order valence-corrected chi connectivity index (χ2v) is 3.66. The van der Waals surface area contributed by atoms with Crippen molar-refractivity contribution in [2.75, 3.05) is 5.32 Å². The molecule has 2 aromatic rings. The quantitative estimate of drug-likeness (QED) is 0.836. The summed E-state index contributed by atoms with van der Waals surface area (Å²) in [6.07, 6.45) is 3.47. The van der Waals surface area contributed by atoms with Crippen molar-refractivity contribution in [2.24, 2.45) is 5.73 Å². The number of benzene rings is 1. The van der Waals surface area contributed by atoms with Gasteiger partial charge in [-0.2, -0.15) is 0 Å². The van der Waals surface area contributed by atoms with Gasteiger partial charge in [-0.1, -0.05) is 12.1 Å². The number of pyridine rings is 1. The number of nitrogens with two attached hydrogens (primary N) is 1. The Bertz CT molecular complexity index is 511. The maximum atomic E-state index is 11.0. The SMILES string of the molecule is NC(=O)c1cccc(CNc2cccnc2)c1. The van der Waals surface area contributed by atoms with E-state index in [2.05, 4.69) is 10.3 Å². The van der Waals surface area contributed by atoms with Crippen molar-refractivity contribution in [3.8, 4) is 0 Å². The molecule has 0 spiro atoms. The van der Waals surface area contributed by atoms with Gasteiger partial charge in [0.25, 0.3) is 0 Å². The summed E-state index contributed by atoms with van der Waals surface area (Å²) in [5, 5.41) is 3.21. The standard InChI is InChI=1S/C13H13N3O/c14-13(17)11-4-1-3-10(7-11)8-16-12-5-2-6-15-9-12/h1-7,9,16H,8H2,(H2,14,17). The maximum Gasteiger partial charge on any atom is 0.248 e. The first kappa shape index (κ1) is 11.1. The van der Waals surface area contributed by atoms with Crippen molar-refractivity contribution in [1.29, 1.82) is 0 Å². The molecule has 0 saturated heterocycles. The van der Waals surface area contributed by atoms with Crippen LogP contribution < -0.4 is 11.1 Å². The number of hydrogen-bond acceptors (Lipinski definition) is 3. The van der Waals surface area contributed by atoms with E-state index in [4.69, 9.17) is 5.73 Å². The molecule has 0 atom stereocenters. The van der Waals surface area contributed by atoms with E-state index in [9.17, 15) is 4.79 Å². The van der Waals surface area contributed by atoms with Crippen molar-refractivity contribution in [3.63, 3.8) is 0 Å². The fraction of sp³-hybridized carbons (Fsp3) is 0.0769. The van der Waals surface area contributed by atoms with Gasteiger partial charge < -0.3 is 11.1 Å². The predicted octanol–water partition coefficient (Wildman–Crippen LogP) is 1.79. The molecule has 86 valence electrons. The topological polar surface area (TPSA) is 68.0 Å². The average molecular weight is 227 g/mol. The molecule has 0 fully saturated rings. The number of rotatable bonds is 4. The van der Waals surface area contributed by atoms with Crippen molar-refractivity contribution in [2.45, 2.75) is 6.54 Å². The highest BCUT2D eigenvalue weighted by Crippen LogP contribution is 2.08. The lowest BCUT2D eigenvalue weighted by atomic mass is 10.1. The summed E-state index contributed by atoms with van der Waals surface area (Å²) in [5.74, 6) is -0.409. The molecule has 0 unspecified atom stereocenters. The van der Waals surface area contributed by atoms with Crippen LogP contribution in [0.25, 0.3) is 0 Å². The van der Waals surface area contributed by atoms with Gasteiger partial charge in [-0.05, 0) is 29.8 Å². The molecule has 0 aliphatic heterocycles. The Labute approximate surface area is 99.5 Å². The number of carbonyl (C=O) groups is 1. The van der Waals surface area contributed by atoms with Crippen LogP contribution in [0.1, 0.15) is 15.9 Å². The molecule has 0 radical (unpaired) electrons. The van der Waals surface area contributed by atoms with Gasteiger partial charge in [0.05, 0.1) is 5.69 Å². The van der Waals surface area contributed by atoms with Gasteiger partial charge in [-0.25, -0.2) is 0 Å². The highest BCUT2D eigenvalue weighted by Gasteiger charge is 2.00. The molecule has 0 aliphatic rings. The summed E-state index contributed by atoms with van der Waals surface area (Å²) in [7, 11) is 0. The first-order valence-corrected chi connectivity index (χ1v) is 5.28. The largest absolute Gasteiger partial charge is 0.380 e. The summed E-state index contributed by atoms with van der Waals surface area (Å²) in [5.41, 5.74) is 7.69. The van der Waals surface area contributed by atoms with Crippen molar-refractivity contribution in [3.05, 3.63) is 59.9 Å². The zero-order valence-electron chi connectivity index (χ0n) is 9.26. The summed E-state index contributed by atoms with van der Waals surface area (Å²) in [4.78, 5) is 15.0. The Kier molecular flexibility index (Phi) is 3.35. The van der Waals surface area contributed by atoms with Gasteiger partial charge in [0.1, 0.15) is 0 Å². The Morgan fingerprint density at radius 3 is 2.88 bits per heavy atom. The molecule has 17 heavy (non-hydrogen) atoms. The van der Waals surface area contributed by atoms with E-state index in [1.807, 2.05) is 24.3 Å². The normalized spacial score (nSPS) is 9.88. The van der Waals surface area contributed by atoms with E-state index < -0.39 is 5.91 Å². The van der Waals surface area contributed by atoms with Crippen LogP contribution in [0.2, 0.25) is 0 Å². The van der Waals surface area contributed by atoms with E-state index in [0.717, 1.165) is 11.3 Å². The minimum absolute atomic E-state index is 0.409. The zero-order chi connectivity index (χ0) is 12.1. The highest BCUT2D eigenvalue weighted by atomic mass is 16.1. The lowest BCUT2D eigenvalue weighted by Gasteiger charge is -2.06. The zero-order valence-corrected chi connectivity index (χ0v) is 9.26. The lowest BCUT2D eigenvalue weighted by Crippen LogP contribution is -2.11. The Morgan fingerprint density at radius 1 is 1.29 bits per heavy atom. The first-order valence-electron chi connectivity index (χ1n) is 5.28. The second-order valence-electron chi connectivity index (χ2n) is 3.66. The number of amides is 1. The Balaban J connectivity index is 2.04. The molecule has 2 rings (SSSR count). The molecule has 0 saturated carbocycles. The molecule has 1 amide bonds. The van der Waals surface area contributed by atoms with Gasteiger partial charge in [0.15, 0.2) is 0 Å². The van der Waals surface area contributed by atoms with Crippen LogP contribution in [0.3, 0.4) is 0 Å². The molecule has 4 heteroatoms. The van der Waals surface area contributed by atoms with Crippen molar-refractivity contribution >= 4 is 11.6 Å². The van der Waals surface area contributed by atoms with Gasteiger partial charge in [0.2, 0.25) is 5.91 Å². The minimum Gasteiger partial charge on any atom is -0.380 e.